The van der Waals surface area contributed by atoms with E-state index < -0.39 is 0 Å². The molecule has 106 valence electrons. The molecule has 4 heteroatoms. The highest BCUT2D eigenvalue weighted by atomic mass is 16.5. The number of rotatable bonds is 4. The Morgan fingerprint density at radius 2 is 1.94 bits per heavy atom. The van der Waals surface area contributed by atoms with Crippen molar-refractivity contribution in [1.29, 1.82) is 0 Å². The standard InChI is InChI=1S/C14H29N3O/c1-5-18-12-8-14(9-12,10-15)17-7-6-16(4)13(2,3)11-17/h12H,5-11,15H2,1-4H3. The summed E-state index contributed by atoms with van der Waals surface area (Å²) in [5, 5.41) is 0. The van der Waals surface area contributed by atoms with Gasteiger partial charge in [-0.2, -0.15) is 0 Å². The lowest BCUT2D eigenvalue weighted by molar-refractivity contribution is -0.125. The van der Waals surface area contributed by atoms with Gasteiger partial charge in [0, 0.05) is 43.9 Å². The molecule has 1 aliphatic carbocycles. The maximum Gasteiger partial charge on any atom is 0.0611 e. The van der Waals surface area contributed by atoms with Gasteiger partial charge >= 0.3 is 0 Å². The van der Waals surface area contributed by atoms with Gasteiger partial charge in [0.1, 0.15) is 0 Å². The fourth-order valence-corrected chi connectivity index (χ4v) is 3.34. The molecule has 2 N–H and O–H groups in total. The van der Waals surface area contributed by atoms with Crippen LogP contribution in [0.4, 0.5) is 0 Å². The third-order valence-electron chi connectivity index (χ3n) is 4.98. The molecule has 0 aromatic rings. The van der Waals surface area contributed by atoms with Crippen LogP contribution in [0.1, 0.15) is 33.6 Å². The van der Waals surface area contributed by atoms with E-state index in [1.54, 1.807) is 0 Å². The minimum absolute atomic E-state index is 0.207. The topological polar surface area (TPSA) is 41.7 Å². The molecule has 0 aromatic carbocycles. The van der Waals surface area contributed by atoms with Crippen molar-refractivity contribution in [2.75, 3.05) is 39.8 Å². The van der Waals surface area contributed by atoms with E-state index in [0.29, 0.717) is 6.10 Å². The van der Waals surface area contributed by atoms with Crippen LogP contribution < -0.4 is 5.73 Å². The highest BCUT2D eigenvalue weighted by Gasteiger charge is 2.50. The minimum atomic E-state index is 0.207. The van der Waals surface area contributed by atoms with Crippen molar-refractivity contribution in [3.63, 3.8) is 0 Å². The van der Waals surface area contributed by atoms with Gasteiger partial charge < -0.3 is 10.5 Å². The van der Waals surface area contributed by atoms with Crippen molar-refractivity contribution in [2.24, 2.45) is 5.73 Å². The Bertz CT molecular complexity index is 287. The average molecular weight is 255 g/mol. The molecule has 0 unspecified atom stereocenters. The number of nitrogens with zero attached hydrogens (tertiary/aromatic N) is 2. The Hall–Kier alpha value is -0.160. The molecule has 1 aliphatic heterocycles. The fraction of sp³-hybridized carbons (Fsp3) is 1.00. The molecule has 1 saturated carbocycles. The molecule has 2 aliphatic rings. The fourth-order valence-electron chi connectivity index (χ4n) is 3.34. The maximum absolute atomic E-state index is 6.07. The SMILES string of the molecule is CCOC1CC(CN)(N2CCN(C)C(C)(C)C2)C1. The monoisotopic (exact) mass is 255 g/mol. The van der Waals surface area contributed by atoms with Crippen LogP contribution in [-0.4, -0.2) is 66.8 Å². The smallest absolute Gasteiger partial charge is 0.0611 e. The van der Waals surface area contributed by atoms with Crippen molar-refractivity contribution < 1.29 is 4.74 Å². The number of hydrogen-bond acceptors (Lipinski definition) is 4. The molecule has 0 radical (unpaired) electrons. The summed E-state index contributed by atoms with van der Waals surface area (Å²) in [6.45, 7) is 11.7. The van der Waals surface area contributed by atoms with Gasteiger partial charge in [0.05, 0.1) is 6.10 Å². The molecule has 4 nitrogen and oxygen atoms in total. The van der Waals surface area contributed by atoms with Crippen molar-refractivity contribution in [1.82, 2.24) is 9.80 Å². The zero-order valence-corrected chi connectivity index (χ0v) is 12.4. The first-order valence-electron chi connectivity index (χ1n) is 7.21. The first-order valence-corrected chi connectivity index (χ1v) is 7.21. The van der Waals surface area contributed by atoms with E-state index >= 15 is 0 Å². The predicted molar refractivity (Wildman–Crippen MR) is 74.7 cm³/mol. The summed E-state index contributed by atoms with van der Waals surface area (Å²) in [6, 6.07) is 0. The molecule has 2 fully saturated rings. The summed E-state index contributed by atoms with van der Waals surface area (Å²) >= 11 is 0. The van der Waals surface area contributed by atoms with Gasteiger partial charge in [0.2, 0.25) is 0 Å². The lowest BCUT2D eigenvalue weighted by atomic mass is 9.71. The molecule has 18 heavy (non-hydrogen) atoms. The third kappa shape index (κ3) is 2.44. The van der Waals surface area contributed by atoms with Crippen molar-refractivity contribution in [2.45, 2.75) is 50.8 Å². The van der Waals surface area contributed by atoms with Crippen LogP contribution in [0.15, 0.2) is 0 Å². The predicted octanol–water partition coefficient (Wildman–Crippen LogP) is 0.909. The number of hydrogen-bond donors (Lipinski definition) is 1. The highest BCUT2D eigenvalue weighted by molar-refractivity contribution is 5.07. The van der Waals surface area contributed by atoms with Crippen LogP contribution in [0, 0.1) is 0 Å². The Morgan fingerprint density at radius 1 is 1.28 bits per heavy atom. The largest absolute Gasteiger partial charge is 0.378 e. The second-order valence-electron chi connectivity index (χ2n) is 6.57. The maximum atomic E-state index is 6.07. The van der Waals surface area contributed by atoms with E-state index in [-0.39, 0.29) is 11.1 Å². The lowest BCUT2D eigenvalue weighted by Crippen LogP contribution is -2.70. The molecule has 0 aromatic heterocycles. The Labute approximate surface area is 111 Å². The summed E-state index contributed by atoms with van der Waals surface area (Å²) in [4.78, 5) is 5.06. The van der Waals surface area contributed by atoms with Crippen molar-refractivity contribution in [3.05, 3.63) is 0 Å². The molecule has 0 spiro atoms. The van der Waals surface area contributed by atoms with Crippen LogP contribution in [0.5, 0.6) is 0 Å². The van der Waals surface area contributed by atoms with E-state index in [1.165, 1.54) is 0 Å². The molecule has 0 atom stereocenters. The van der Waals surface area contributed by atoms with E-state index in [2.05, 4.69) is 37.6 Å². The summed E-state index contributed by atoms with van der Waals surface area (Å²) in [5.74, 6) is 0. The minimum Gasteiger partial charge on any atom is -0.378 e. The van der Waals surface area contributed by atoms with Gasteiger partial charge in [0.15, 0.2) is 0 Å². The molecular weight excluding hydrogens is 226 g/mol. The summed E-state index contributed by atoms with van der Waals surface area (Å²) in [7, 11) is 2.22. The second-order valence-corrected chi connectivity index (χ2v) is 6.57. The molecule has 1 heterocycles. The Morgan fingerprint density at radius 3 is 2.44 bits per heavy atom. The van der Waals surface area contributed by atoms with Crippen LogP contribution in [0.3, 0.4) is 0 Å². The van der Waals surface area contributed by atoms with Gasteiger partial charge in [-0.3, -0.25) is 9.80 Å². The van der Waals surface area contributed by atoms with E-state index in [0.717, 1.165) is 45.6 Å². The summed E-state index contributed by atoms with van der Waals surface area (Å²) in [5.41, 5.74) is 6.52. The van der Waals surface area contributed by atoms with Gasteiger partial charge in [-0.25, -0.2) is 0 Å². The highest BCUT2D eigenvalue weighted by Crippen LogP contribution is 2.41. The van der Waals surface area contributed by atoms with Crippen LogP contribution in [0.2, 0.25) is 0 Å². The van der Waals surface area contributed by atoms with Crippen molar-refractivity contribution in [3.8, 4) is 0 Å². The van der Waals surface area contributed by atoms with E-state index in [1.807, 2.05) is 0 Å². The number of piperazine rings is 1. The summed E-state index contributed by atoms with van der Waals surface area (Å²) in [6.07, 6.45) is 2.65. The average Bonchev–Trinajstić information content (AvgIpc) is 2.27. The summed E-state index contributed by atoms with van der Waals surface area (Å²) < 4.78 is 5.71. The first kappa shape index (κ1) is 14.3. The number of ether oxygens (including phenoxy) is 1. The lowest BCUT2D eigenvalue weighted by Gasteiger charge is -2.58. The Balaban J connectivity index is 1.98. The third-order valence-corrected chi connectivity index (χ3v) is 4.98. The van der Waals surface area contributed by atoms with Crippen molar-refractivity contribution >= 4 is 0 Å². The normalized spacial score (nSPS) is 37.5. The van der Waals surface area contributed by atoms with Crippen LogP contribution in [-0.2, 0) is 4.74 Å². The molecule has 0 bridgehead atoms. The van der Waals surface area contributed by atoms with Gasteiger partial charge in [-0.1, -0.05) is 0 Å². The zero-order valence-electron chi connectivity index (χ0n) is 12.4. The quantitative estimate of drug-likeness (QED) is 0.811. The number of nitrogens with two attached hydrogens (primary N) is 1. The van der Waals surface area contributed by atoms with Crippen LogP contribution in [0.25, 0.3) is 0 Å². The molecule has 1 saturated heterocycles. The number of likely N-dealkylation sites (N-methyl/N-ethyl adjacent to an activating group) is 1. The van der Waals surface area contributed by atoms with Gasteiger partial charge in [-0.15, -0.1) is 0 Å². The van der Waals surface area contributed by atoms with E-state index in [4.69, 9.17) is 10.5 Å². The van der Waals surface area contributed by atoms with Crippen LogP contribution >= 0.6 is 0 Å². The van der Waals surface area contributed by atoms with Gasteiger partial charge in [0.25, 0.3) is 0 Å². The molecular formula is C14H29N3O. The molecule has 0 amide bonds. The van der Waals surface area contributed by atoms with E-state index in [9.17, 15) is 0 Å². The second kappa shape index (κ2) is 5.08. The Kier molecular flexibility index (Phi) is 4.02. The molecule has 2 rings (SSSR count). The zero-order chi connectivity index (χ0) is 13.4. The van der Waals surface area contributed by atoms with Gasteiger partial charge in [-0.05, 0) is 40.7 Å². The first-order chi connectivity index (χ1) is 8.43.